The van der Waals surface area contributed by atoms with Gasteiger partial charge in [-0.05, 0) is 12.5 Å². The molecule has 5 nitrogen and oxygen atoms in total. The number of nitrogens with zero attached hydrogens (tertiary/aromatic N) is 2. The first-order valence-electron chi connectivity index (χ1n) is 4.69. The summed E-state index contributed by atoms with van der Waals surface area (Å²) >= 11 is 0. The Hall–Kier alpha value is -1.72. The molecule has 2 rings (SSSR count). The van der Waals surface area contributed by atoms with Gasteiger partial charge >= 0.3 is 0 Å². The number of aromatic amines is 1. The van der Waals surface area contributed by atoms with Crippen molar-refractivity contribution in [1.82, 2.24) is 20.8 Å². The molecule has 1 unspecified atom stereocenters. The van der Waals surface area contributed by atoms with Crippen LogP contribution in [0.5, 0.6) is 0 Å². The zero-order chi connectivity index (χ0) is 10.7. The number of nitrogens with two attached hydrogens (primary N) is 1. The quantitative estimate of drug-likeness (QED) is 0.506. The number of aryl methyl sites for hydroxylation is 1. The van der Waals surface area contributed by atoms with E-state index in [1.807, 2.05) is 31.2 Å². The fourth-order valence-electron chi connectivity index (χ4n) is 1.46. The van der Waals surface area contributed by atoms with Crippen LogP contribution in [-0.2, 0) is 0 Å². The molecule has 0 saturated heterocycles. The molecule has 4 N–H and O–H groups in total. The molecule has 0 aliphatic heterocycles. The van der Waals surface area contributed by atoms with Crippen molar-refractivity contribution in [3.63, 3.8) is 0 Å². The SMILES string of the molecule is Cc1ccc(C(NN)c2cn[nH]n2)cc1. The van der Waals surface area contributed by atoms with Gasteiger partial charge in [0.05, 0.1) is 12.2 Å². The number of hydrogen-bond donors (Lipinski definition) is 3. The molecule has 1 aromatic heterocycles. The second-order valence-corrected chi connectivity index (χ2v) is 3.41. The third-order valence-corrected chi connectivity index (χ3v) is 2.31. The first-order chi connectivity index (χ1) is 7.31. The molecule has 0 saturated carbocycles. The maximum absolute atomic E-state index is 5.50. The molecule has 0 spiro atoms. The first-order valence-corrected chi connectivity index (χ1v) is 4.69. The van der Waals surface area contributed by atoms with E-state index in [9.17, 15) is 0 Å². The minimum Gasteiger partial charge on any atom is -0.271 e. The second-order valence-electron chi connectivity index (χ2n) is 3.41. The Kier molecular flexibility index (Phi) is 2.75. The molecule has 78 valence electrons. The summed E-state index contributed by atoms with van der Waals surface area (Å²) in [5, 5.41) is 10.3. The zero-order valence-electron chi connectivity index (χ0n) is 8.44. The van der Waals surface area contributed by atoms with Crippen LogP contribution < -0.4 is 11.3 Å². The topological polar surface area (TPSA) is 79.6 Å². The van der Waals surface area contributed by atoms with E-state index in [0.29, 0.717) is 0 Å². The third-order valence-electron chi connectivity index (χ3n) is 2.31. The van der Waals surface area contributed by atoms with Crippen molar-refractivity contribution < 1.29 is 0 Å². The molecule has 5 heteroatoms. The van der Waals surface area contributed by atoms with Gasteiger partial charge in [-0.15, -0.1) is 0 Å². The fraction of sp³-hybridized carbons (Fsp3) is 0.200. The van der Waals surface area contributed by atoms with Gasteiger partial charge in [0, 0.05) is 0 Å². The van der Waals surface area contributed by atoms with E-state index in [1.54, 1.807) is 6.20 Å². The zero-order valence-corrected chi connectivity index (χ0v) is 8.44. The predicted molar refractivity (Wildman–Crippen MR) is 56.7 cm³/mol. The van der Waals surface area contributed by atoms with Gasteiger partial charge in [-0.1, -0.05) is 29.8 Å². The molecule has 0 amide bonds. The highest BCUT2D eigenvalue weighted by Gasteiger charge is 2.14. The number of benzene rings is 1. The van der Waals surface area contributed by atoms with Gasteiger partial charge < -0.3 is 0 Å². The van der Waals surface area contributed by atoms with Gasteiger partial charge in [-0.25, -0.2) is 5.43 Å². The van der Waals surface area contributed by atoms with E-state index in [2.05, 4.69) is 20.8 Å². The number of nitrogens with one attached hydrogen (secondary N) is 2. The van der Waals surface area contributed by atoms with E-state index in [4.69, 9.17) is 5.84 Å². The lowest BCUT2D eigenvalue weighted by Crippen LogP contribution is -2.29. The van der Waals surface area contributed by atoms with Crippen LogP contribution in [0.1, 0.15) is 22.9 Å². The van der Waals surface area contributed by atoms with E-state index in [-0.39, 0.29) is 6.04 Å². The molecule has 1 aromatic carbocycles. The predicted octanol–water partition coefficient (Wildman–Crippen LogP) is 0.666. The molecular formula is C10H13N5. The van der Waals surface area contributed by atoms with E-state index in [1.165, 1.54) is 5.56 Å². The minimum absolute atomic E-state index is 0.121. The van der Waals surface area contributed by atoms with Gasteiger partial charge in [0.15, 0.2) is 0 Å². The fourth-order valence-corrected chi connectivity index (χ4v) is 1.46. The van der Waals surface area contributed by atoms with Crippen LogP contribution in [0, 0.1) is 6.92 Å². The maximum Gasteiger partial charge on any atom is 0.105 e. The number of H-pyrrole nitrogens is 1. The monoisotopic (exact) mass is 203 g/mol. The molecule has 1 heterocycles. The summed E-state index contributed by atoms with van der Waals surface area (Å²) in [6, 6.07) is 8.01. The Bertz CT molecular complexity index is 406. The summed E-state index contributed by atoms with van der Waals surface area (Å²) in [6.45, 7) is 2.05. The lowest BCUT2D eigenvalue weighted by Gasteiger charge is -2.13. The number of hydrazine groups is 1. The van der Waals surface area contributed by atoms with Crippen LogP contribution >= 0.6 is 0 Å². The highest BCUT2D eigenvalue weighted by molar-refractivity contribution is 5.28. The Morgan fingerprint density at radius 1 is 1.33 bits per heavy atom. The molecule has 1 atom stereocenters. The minimum atomic E-state index is -0.121. The molecule has 2 aromatic rings. The van der Waals surface area contributed by atoms with E-state index < -0.39 is 0 Å². The maximum atomic E-state index is 5.50. The Morgan fingerprint density at radius 2 is 2.07 bits per heavy atom. The Balaban J connectivity index is 2.31. The van der Waals surface area contributed by atoms with Crippen molar-refractivity contribution in [2.24, 2.45) is 5.84 Å². The number of hydrogen-bond acceptors (Lipinski definition) is 4. The van der Waals surface area contributed by atoms with Gasteiger partial charge in [0.1, 0.15) is 5.69 Å². The molecule has 0 radical (unpaired) electrons. The van der Waals surface area contributed by atoms with Crippen molar-refractivity contribution >= 4 is 0 Å². The standard InChI is InChI=1S/C10H13N5/c1-7-2-4-8(5-3-7)10(13-11)9-6-12-15-14-9/h2-6,10,13H,11H2,1H3,(H,12,14,15). The van der Waals surface area contributed by atoms with Crippen LogP contribution in [0.3, 0.4) is 0 Å². The number of aromatic nitrogens is 3. The molecule has 0 aliphatic rings. The summed E-state index contributed by atoms with van der Waals surface area (Å²) in [5.74, 6) is 5.50. The average Bonchev–Trinajstić information content (AvgIpc) is 2.75. The Labute approximate surface area is 87.7 Å². The van der Waals surface area contributed by atoms with Gasteiger partial charge in [0.2, 0.25) is 0 Å². The molecule has 15 heavy (non-hydrogen) atoms. The summed E-state index contributed by atoms with van der Waals surface area (Å²) in [6.07, 6.45) is 1.66. The van der Waals surface area contributed by atoms with Gasteiger partial charge in [0.25, 0.3) is 0 Å². The van der Waals surface area contributed by atoms with Gasteiger partial charge in [-0.2, -0.15) is 15.4 Å². The highest BCUT2D eigenvalue weighted by Crippen LogP contribution is 2.18. The van der Waals surface area contributed by atoms with Crippen molar-refractivity contribution in [3.05, 3.63) is 47.3 Å². The van der Waals surface area contributed by atoms with Crippen LogP contribution in [0.4, 0.5) is 0 Å². The summed E-state index contributed by atoms with van der Waals surface area (Å²) in [4.78, 5) is 0. The lowest BCUT2D eigenvalue weighted by atomic mass is 10.0. The van der Waals surface area contributed by atoms with Crippen molar-refractivity contribution in [2.45, 2.75) is 13.0 Å². The lowest BCUT2D eigenvalue weighted by molar-refractivity contribution is 0.618. The highest BCUT2D eigenvalue weighted by atomic mass is 15.3. The first kappa shape index (κ1) is 9.82. The van der Waals surface area contributed by atoms with Crippen LogP contribution in [0.15, 0.2) is 30.5 Å². The summed E-state index contributed by atoms with van der Waals surface area (Å²) in [5.41, 5.74) is 5.78. The van der Waals surface area contributed by atoms with Crippen LogP contribution in [0.25, 0.3) is 0 Å². The van der Waals surface area contributed by atoms with Crippen LogP contribution in [0.2, 0.25) is 0 Å². The van der Waals surface area contributed by atoms with Crippen molar-refractivity contribution in [1.29, 1.82) is 0 Å². The molecule has 0 aliphatic carbocycles. The molecular weight excluding hydrogens is 190 g/mol. The van der Waals surface area contributed by atoms with Crippen molar-refractivity contribution in [2.75, 3.05) is 0 Å². The summed E-state index contributed by atoms with van der Waals surface area (Å²) < 4.78 is 0. The van der Waals surface area contributed by atoms with Gasteiger partial charge in [-0.3, -0.25) is 5.84 Å². The van der Waals surface area contributed by atoms with E-state index >= 15 is 0 Å². The summed E-state index contributed by atoms with van der Waals surface area (Å²) in [7, 11) is 0. The third kappa shape index (κ3) is 2.03. The normalized spacial score (nSPS) is 12.7. The van der Waals surface area contributed by atoms with Crippen LogP contribution in [-0.4, -0.2) is 15.4 Å². The molecule has 0 fully saturated rings. The van der Waals surface area contributed by atoms with E-state index in [0.717, 1.165) is 11.3 Å². The average molecular weight is 203 g/mol. The smallest absolute Gasteiger partial charge is 0.105 e. The second kappa shape index (κ2) is 4.20. The van der Waals surface area contributed by atoms with Crippen molar-refractivity contribution in [3.8, 4) is 0 Å². The molecule has 0 bridgehead atoms. The number of rotatable bonds is 3. The largest absolute Gasteiger partial charge is 0.271 e. The Morgan fingerprint density at radius 3 is 2.60 bits per heavy atom.